The summed E-state index contributed by atoms with van der Waals surface area (Å²) in [5.74, 6) is -0.637. The van der Waals surface area contributed by atoms with Crippen molar-refractivity contribution in [2.24, 2.45) is 5.10 Å². The van der Waals surface area contributed by atoms with E-state index in [0.29, 0.717) is 21.3 Å². The number of nitrogens with one attached hydrogen (secondary N) is 2. The van der Waals surface area contributed by atoms with Crippen molar-refractivity contribution in [2.45, 2.75) is 13.3 Å². The smallest absolute Gasteiger partial charge is 0.257 e. The molecule has 0 saturated carbocycles. The first-order chi connectivity index (χ1) is 13.9. The van der Waals surface area contributed by atoms with E-state index in [4.69, 9.17) is 0 Å². The Kier molecular flexibility index (Phi) is 6.68. The standard InChI is InChI=1S/C19H16BrN5O3S/c1-11-4-2-3-5-14(11)18(28)22-19-25-24-17(29-19)9-16(27)23-21-10-12-8-13(20)6-7-15(12)26/h2-8,10,26H,9H2,1H3,(H,23,27)(H,22,25,28)/b21-10-. The van der Waals surface area contributed by atoms with Gasteiger partial charge in [0, 0.05) is 15.6 Å². The van der Waals surface area contributed by atoms with Gasteiger partial charge in [0.2, 0.25) is 11.0 Å². The second-order valence-electron chi connectivity index (χ2n) is 5.94. The van der Waals surface area contributed by atoms with Crippen LogP contribution in [0.1, 0.15) is 26.5 Å². The second kappa shape index (κ2) is 9.39. The van der Waals surface area contributed by atoms with Crippen LogP contribution in [0.2, 0.25) is 0 Å². The summed E-state index contributed by atoms with van der Waals surface area (Å²) < 4.78 is 0.775. The largest absolute Gasteiger partial charge is 0.507 e. The Morgan fingerprint density at radius 1 is 1.24 bits per heavy atom. The number of hydrazone groups is 1. The fourth-order valence-corrected chi connectivity index (χ4v) is 3.46. The Morgan fingerprint density at radius 3 is 2.83 bits per heavy atom. The molecule has 1 aromatic heterocycles. The van der Waals surface area contributed by atoms with Crippen molar-refractivity contribution in [2.75, 3.05) is 5.32 Å². The fourth-order valence-electron chi connectivity index (χ4n) is 2.35. The zero-order valence-electron chi connectivity index (χ0n) is 15.2. The van der Waals surface area contributed by atoms with Crippen LogP contribution in [-0.4, -0.2) is 33.3 Å². The predicted octanol–water partition coefficient (Wildman–Crippen LogP) is 3.26. The number of aromatic nitrogens is 2. The van der Waals surface area contributed by atoms with Crippen LogP contribution in [0.4, 0.5) is 5.13 Å². The van der Waals surface area contributed by atoms with Gasteiger partial charge in [0.05, 0.1) is 12.6 Å². The third kappa shape index (κ3) is 5.69. The molecule has 1 heterocycles. The van der Waals surface area contributed by atoms with E-state index in [1.54, 1.807) is 24.3 Å². The number of phenols is 1. The normalized spacial score (nSPS) is 10.8. The molecule has 0 aliphatic heterocycles. The number of aromatic hydroxyl groups is 1. The van der Waals surface area contributed by atoms with Gasteiger partial charge < -0.3 is 5.11 Å². The number of hydrogen-bond acceptors (Lipinski definition) is 7. The van der Waals surface area contributed by atoms with Gasteiger partial charge in [0.25, 0.3) is 5.91 Å². The van der Waals surface area contributed by atoms with E-state index >= 15 is 0 Å². The minimum Gasteiger partial charge on any atom is -0.507 e. The monoisotopic (exact) mass is 473 g/mol. The number of halogens is 1. The number of phenolic OH excluding ortho intramolecular Hbond substituents is 1. The lowest BCUT2D eigenvalue weighted by Crippen LogP contribution is -2.19. The Hall–Kier alpha value is -3.11. The summed E-state index contributed by atoms with van der Waals surface area (Å²) in [6.07, 6.45) is 1.30. The summed E-state index contributed by atoms with van der Waals surface area (Å²) in [5.41, 5.74) is 4.22. The lowest BCUT2D eigenvalue weighted by atomic mass is 10.1. The molecule has 8 nitrogen and oxygen atoms in total. The number of carbonyl (C=O) groups is 2. The predicted molar refractivity (Wildman–Crippen MR) is 114 cm³/mol. The lowest BCUT2D eigenvalue weighted by Gasteiger charge is -2.03. The van der Waals surface area contributed by atoms with E-state index in [9.17, 15) is 14.7 Å². The summed E-state index contributed by atoms with van der Waals surface area (Å²) in [4.78, 5) is 24.3. The minimum atomic E-state index is -0.399. The minimum absolute atomic E-state index is 0.0420. The molecule has 0 atom stereocenters. The molecule has 0 saturated heterocycles. The maximum absolute atomic E-state index is 12.3. The molecule has 3 rings (SSSR count). The average molecular weight is 474 g/mol. The molecule has 2 amide bonds. The van der Waals surface area contributed by atoms with Crippen LogP contribution in [0.5, 0.6) is 5.75 Å². The molecular formula is C19H16BrN5O3S. The summed E-state index contributed by atoms with van der Waals surface area (Å²) in [6.45, 7) is 1.85. The number of anilines is 1. The molecule has 10 heteroatoms. The van der Waals surface area contributed by atoms with Gasteiger partial charge in [-0.2, -0.15) is 5.10 Å². The summed E-state index contributed by atoms with van der Waals surface area (Å²) in [6, 6.07) is 12.1. The summed E-state index contributed by atoms with van der Waals surface area (Å²) in [5, 5.41) is 24.8. The lowest BCUT2D eigenvalue weighted by molar-refractivity contribution is -0.120. The van der Waals surface area contributed by atoms with Gasteiger partial charge >= 0.3 is 0 Å². The topological polar surface area (TPSA) is 117 Å². The quantitative estimate of drug-likeness (QED) is 0.375. The number of hydrogen-bond donors (Lipinski definition) is 3. The Balaban J connectivity index is 1.55. The third-order valence-electron chi connectivity index (χ3n) is 3.77. The molecule has 3 aromatic rings. The molecule has 0 bridgehead atoms. The number of nitrogens with zero attached hydrogens (tertiary/aromatic N) is 3. The van der Waals surface area contributed by atoms with Crippen LogP contribution >= 0.6 is 27.3 Å². The van der Waals surface area contributed by atoms with Crippen LogP contribution in [0.3, 0.4) is 0 Å². The van der Waals surface area contributed by atoms with Gasteiger partial charge in [0.15, 0.2) is 0 Å². The van der Waals surface area contributed by atoms with E-state index in [-0.39, 0.29) is 18.1 Å². The number of rotatable bonds is 6. The van der Waals surface area contributed by atoms with E-state index in [1.165, 1.54) is 12.3 Å². The number of amides is 2. The van der Waals surface area contributed by atoms with Crippen molar-refractivity contribution < 1.29 is 14.7 Å². The highest BCUT2D eigenvalue weighted by Gasteiger charge is 2.13. The molecule has 0 radical (unpaired) electrons. The number of aryl methyl sites for hydroxylation is 1. The van der Waals surface area contributed by atoms with Gasteiger partial charge in [-0.15, -0.1) is 10.2 Å². The number of carbonyl (C=O) groups excluding carboxylic acids is 2. The summed E-state index contributed by atoms with van der Waals surface area (Å²) >= 11 is 4.41. The van der Waals surface area contributed by atoms with E-state index < -0.39 is 5.91 Å². The first-order valence-corrected chi connectivity index (χ1v) is 10.0. The van der Waals surface area contributed by atoms with E-state index in [2.05, 4.69) is 42.0 Å². The van der Waals surface area contributed by atoms with Gasteiger partial charge in [-0.1, -0.05) is 45.5 Å². The van der Waals surface area contributed by atoms with Crippen LogP contribution in [0, 0.1) is 6.92 Å². The van der Waals surface area contributed by atoms with E-state index in [1.807, 2.05) is 19.1 Å². The van der Waals surface area contributed by atoms with Crippen molar-refractivity contribution in [3.8, 4) is 5.75 Å². The van der Waals surface area contributed by atoms with Gasteiger partial charge in [0.1, 0.15) is 10.8 Å². The fraction of sp³-hybridized carbons (Fsp3) is 0.105. The van der Waals surface area contributed by atoms with Crippen molar-refractivity contribution in [1.82, 2.24) is 15.6 Å². The van der Waals surface area contributed by atoms with Crippen LogP contribution in [0.25, 0.3) is 0 Å². The molecule has 0 spiro atoms. The highest BCUT2D eigenvalue weighted by molar-refractivity contribution is 9.10. The first kappa shape index (κ1) is 20.6. The van der Waals surface area contributed by atoms with Crippen molar-refractivity contribution in [3.63, 3.8) is 0 Å². The van der Waals surface area contributed by atoms with Gasteiger partial charge in [-0.25, -0.2) is 5.43 Å². The highest BCUT2D eigenvalue weighted by atomic mass is 79.9. The van der Waals surface area contributed by atoms with Crippen molar-refractivity contribution >= 4 is 50.4 Å². The molecule has 0 aliphatic rings. The summed E-state index contributed by atoms with van der Waals surface area (Å²) in [7, 11) is 0. The van der Waals surface area contributed by atoms with Crippen molar-refractivity contribution in [3.05, 3.63) is 68.6 Å². The van der Waals surface area contributed by atoms with E-state index in [0.717, 1.165) is 21.4 Å². The maximum atomic E-state index is 12.3. The zero-order valence-corrected chi connectivity index (χ0v) is 17.6. The average Bonchev–Trinajstić information content (AvgIpc) is 3.11. The third-order valence-corrected chi connectivity index (χ3v) is 5.10. The maximum Gasteiger partial charge on any atom is 0.257 e. The molecule has 148 valence electrons. The number of benzene rings is 2. The second-order valence-corrected chi connectivity index (χ2v) is 7.92. The Bertz CT molecular complexity index is 1080. The van der Waals surface area contributed by atoms with Crippen LogP contribution in [-0.2, 0) is 11.2 Å². The molecule has 3 N–H and O–H groups in total. The molecule has 0 aliphatic carbocycles. The molecule has 29 heavy (non-hydrogen) atoms. The molecule has 0 fully saturated rings. The van der Waals surface area contributed by atoms with Gasteiger partial charge in [-0.3, -0.25) is 14.9 Å². The first-order valence-electron chi connectivity index (χ1n) is 8.42. The van der Waals surface area contributed by atoms with Gasteiger partial charge in [-0.05, 0) is 36.8 Å². The molecular weight excluding hydrogens is 458 g/mol. The van der Waals surface area contributed by atoms with Crippen LogP contribution < -0.4 is 10.7 Å². The Labute approximate surface area is 178 Å². The molecule has 0 unspecified atom stereocenters. The Morgan fingerprint density at radius 2 is 2.03 bits per heavy atom. The van der Waals surface area contributed by atoms with Crippen LogP contribution in [0.15, 0.2) is 52.0 Å². The zero-order chi connectivity index (χ0) is 20.8. The highest BCUT2D eigenvalue weighted by Crippen LogP contribution is 2.20. The SMILES string of the molecule is Cc1ccccc1C(=O)Nc1nnc(CC(=O)N/N=C\c2cc(Br)ccc2O)s1. The molecule has 2 aromatic carbocycles. The van der Waals surface area contributed by atoms with Crippen molar-refractivity contribution in [1.29, 1.82) is 0 Å².